The van der Waals surface area contributed by atoms with Crippen molar-refractivity contribution in [3.05, 3.63) is 65.2 Å². The molecule has 0 fully saturated rings. The molecule has 2 aliphatic rings. The molecule has 26 heavy (non-hydrogen) atoms. The van der Waals surface area contributed by atoms with E-state index >= 15 is 0 Å². The molecule has 2 aliphatic heterocycles. The molecule has 5 heteroatoms. The quantitative estimate of drug-likeness (QED) is 0.808. The predicted molar refractivity (Wildman–Crippen MR) is 106 cm³/mol. The fourth-order valence-corrected chi connectivity index (χ4v) is 3.71. The van der Waals surface area contributed by atoms with Gasteiger partial charge in [0.25, 0.3) is 0 Å². The normalized spacial score (nSPS) is 20.7. The molecule has 0 amide bonds. The van der Waals surface area contributed by atoms with Crippen molar-refractivity contribution in [2.75, 3.05) is 19.7 Å². The van der Waals surface area contributed by atoms with Crippen molar-refractivity contribution in [1.82, 2.24) is 4.90 Å². The number of rotatable bonds is 5. The Morgan fingerprint density at radius 1 is 1.19 bits per heavy atom. The molecule has 1 unspecified atom stereocenters. The van der Waals surface area contributed by atoms with Crippen LogP contribution in [0.15, 0.2) is 53.5 Å². The lowest BCUT2D eigenvalue weighted by molar-refractivity contribution is -0.0317. The molecule has 0 radical (unpaired) electrons. The first kappa shape index (κ1) is 18.7. The lowest BCUT2D eigenvalue weighted by Gasteiger charge is -2.37. The zero-order valence-corrected chi connectivity index (χ0v) is 15.8. The summed E-state index contributed by atoms with van der Waals surface area (Å²) in [5.74, 6) is 1.73. The lowest BCUT2D eigenvalue weighted by atomic mass is 9.93. The van der Waals surface area contributed by atoms with Gasteiger partial charge in [-0.05, 0) is 31.0 Å². The van der Waals surface area contributed by atoms with Crippen molar-refractivity contribution in [3.8, 4) is 5.75 Å². The number of ether oxygens (including phenoxy) is 1. The Labute approximate surface area is 160 Å². The van der Waals surface area contributed by atoms with Crippen molar-refractivity contribution in [3.63, 3.8) is 0 Å². The average molecular weight is 373 g/mol. The molecule has 0 saturated carbocycles. The van der Waals surface area contributed by atoms with Crippen LogP contribution in [-0.4, -0.2) is 35.5 Å². The molecule has 138 valence electrons. The first-order chi connectivity index (χ1) is 12.2. The van der Waals surface area contributed by atoms with E-state index in [0.29, 0.717) is 6.61 Å². The number of nitrogens with zero attached hydrogens (tertiary/aromatic N) is 2. The number of fused-ring (bicyclic) bond motifs is 3. The zero-order valence-electron chi connectivity index (χ0n) is 15.0. The molecular formula is C21H25ClN2O2. The third-order valence-corrected chi connectivity index (χ3v) is 5.00. The van der Waals surface area contributed by atoms with Crippen molar-refractivity contribution >= 4 is 18.2 Å². The van der Waals surface area contributed by atoms with Crippen LogP contribution in [0.25, 0.3) is 0 Å². The number of hydrogen-bond acceptors (Lipinski definition) is 4. The summed E-state index contributed by atoms with van der Waals surface area (Å²) >= 11 is 0. The number of hydrogen-bond donors (Lipinski definition) is 1. The number of benzene rings is 2. The van der Waals surface area contributed by atoms with E-state index in [-0.39, 0.29) is 12.4 Å². The van der Waals surface area contributed by atoms with Crippen molar-refractivity contribution in [2.45, 2.75) is 31.9 Å². The highest BCUT2D eigenvalue weighted by Gasteiger charge is 2.49. The minimum atomic E-state index is -1.15. The molecule has 1 atom stereocenters. The van der Waals surface area contributed by atoms with E-state index in [4.69, 9.17) is 9.73 Å². The molecule has 2 aromatic carbocycles. The summed E-state index contributed by atoms with van der Waals surface area (Å²) in [5.41, 5.74) is 1.60. The Hall–Kier alpha value is -2.04. The molecule has 4 rings (SSSR count). The highest BCUT2D eigenvalue weighted by molar-refractivity contribution is 6.05. The Kier molecular flexibility index (Phi) is 5.54. The summed E-state index contributed by atoms with van der Waals surface area (Å²) < 4.78 is 5.87. The van der Waals surface area contributed by atoms with Crippen LogP contribution in [-0.2, 0) is 5.72 Å². The predicted octanol–water partition coefficient (Wildman–Crippen LogP) is 3.95. The third-order valence-electron chi connectivity index (χ3n) is 5.00. The van der Waals surface area contributed by atoms with Crippen LogP contribution >= 0.6 is 12.4 Å². The summed E-state index contributed by atoms with van der Waals surface area (Å²) in [5, 5.41) is 11.7. The van der Waals surface area contributed by atoms with Crippen LogP contribution in [0.2, 0.25) is 0 Å². The van der Waals surface area contributed by atoms with E-state index in [1.165, 1.54) is 0 Å². The number of aliphatic imine (C=N–C) groups is 1. The summed E-state index contributed by atoms with van der Waals surface area (Å²) in [6, 6.07) is 15.8. The van der Waals surface area contributed by atoms with Gasteiger partial charge in [0.05, 0.1) is 6.61 Å². The Morgan fingerprint density at radius 3 is 2.77 bits per heavy atom. The van der Waals surface area contributed by atoms with Crippen molar-refractivity contribution in [2.24, 2.45) is 4.99 Å². The fourth-order valence-electron chi connectivity index (χ4n) is 3.71. The van der Waals surface area contributed by atoms with E-state index in [9.17, 15) is 5.11 Å². The van der Waals surface area contributed by atoms with E-state index < -0.39 is 5.72 Å². The molecule has 0 aliphatic carbocycles. The molecule has 0 spiro atoms. The van der Waals surface area contributed by atoms with Gasteiger partial charge in [-0.2, -0.15) is 0 Å². The average Bonchev–Trinajstić information content (AvgIpc) is 2.93. The number of unbranched alkanes of at least 4 members (excludes halogenated alkanes) is 1. The van der Waals surface area contributed by atoms with Gasteiger partial charge in [0.1, 0.15) is 11.6 Å². The molecule has 1 N–H and O–H groups in total. The van der Waals surface area contributed by atoms with Gasteiger partial charge in [0.2, 0.25) is 0 Å². The number of halogens is 1. The molecule has 0 bridgehead atoms. The van der Waals surface area contributed by atoms with Crippen LogP contribution < -0.4 is 4.74 Å². The van der Waals surface area contributed by atoms with Gasteiger partial charge in [-0.15, -0.1) is 12.4 Å². The summed E-state index contributed by atoms with van der Waals surface area (Å²) in [6.07, 6.45) is 3.10. The maximum atomic E-state index is 11.7. The molecule has 0 aromatic heterocycles. The zero-order chi connectivity index (χ0) is 17.3. The maximum Gasteiger partial charge on any atom is 0.193 e. The highest BCUT2D eigenvalue weighted by Crippen LogP contribution is 2.44. The second-order valence-electron chi connectivity index (χ2n) is 6.66. The van der Waals surface area contributed by atoms with Gasteiger partial charge in [-0.3, -0.25) is 4.99 Å². The minimum Gasteiger partial charge on any atom is -0.494 e. The van der Waals surface area contributed by atoms with Crippen molar-refractivity contribution in [1.29, 1.82) is 0 Å². The monoisotopic (exact) mass is 372 g/mol. The fraction of sp³-hybridized carbons (Fsp3) is 0.381. The smallest absolute Gasteiger partial charge is 0.193 e. The van der Waals surface area contributed by atoms with Crippen LogP contribution in [0.3, 0.4) is 0 Å². The van der Waals surface area contributed by atoms with Gasteiger partial charge < -0.3 is 14.7 Å². The molecule has 2 heterocycles. The van der Waals surface area contributed by atoms with E-state index in [1.807, 2.05) is 53.4 Å². The largest absolute Gasteiger partial charge is 0.494 e. The highest BCUT2D eigenvalue weighted by atomic mass is 35.5. The first-order valence-electron chi connectivity index (χ1n) is 9.13. The summed E-state index contributed by atoms with van der Waals surface area (Å²) in [7, 11) is 0. The molecular weight excluding hydrogens is 348 g/mol. The van der Waals surface area contributed by atoms with E-state index in [0.717, 1.165) is 60.6 Å². The molecule has 4 nitrogen and oxygen atoms in total. The topological polar surface area (TPSA) is 45.1 Å². The van der Waals surface area contributed by atoms with Gasteiger partial charge in [0.15, 0.2) is 5.72 Å². The second-order valence-corrected chi connectivity index (χ2v) is 6.66. The maximum absolute atomic E-state index is 11.7. The third kappa shape index (κ3) is 2.97. The molecule has 2 aromatic rings. The van der Waals surface area contributed by atoms with E-state index in [2.05, 4.69) is 6.92 Å². The van der Waals surface area contributed by atoms with Crippen LogP contribution in [0.1, 0.15) is 42.9 Å². The Bertz CT molecular complexity index is 794. The standard InChI is InChI=1S/C21H24N2O2.ClH/c1-2-3-14-25-17-10-11-19-18(15-17)20-22-12-7-13-23(20)21(19,24)16-8-5-4-6-9-16;/h4-6,8-11,15,24H,2-3,7,12-14H2,1H3;1H. The Balaban J connectivity index is 0.00000196. The van der Waals surface area contributed by atoms with Crippen LogP contribution in [0.4, 0.5) is 0 Å². The lowest BCUT2D eigenvalue weighted by Crippen LogP contribution is -2.47. The SMILES string of the molecule is CCCCOc1ccc2c(c1)C1=NCCCN1C2(O)c1ccccc1.Cl. The summed E-state index contributed by atoms with van der Waals surface area (Å²) in [4.78, 5) is 6.75. The minimum absolute atomic E-state index is 0. The van der Waals surface area contributed by atoms with Gasteiger partial charge in [-0.1, -0.05) is 43.7 Å². The second kappa shape index (κ2) is 7.68. The van der Waals surface area contributed by atoms with Crippen LogP contribution in [0, 0.1) is 0 Å². The molecule has 0 saturated heterocycles. The number of amidine groups is 1. The van der Waals surface area contributed by atoms with Gasteiger partial charge in [-0.25, -0.2) is 0 Å². The number of aliphatic hydroxyl groups is 1. The van der Waals surface area contributed by atoms with Crippen LogP contribution in [0.5, 0.6) is 5.75 Å². The van der Waals surface area contributed by atoms with Gasteiger partial charge in [0, 0.05) is 29.8 Å². The first-order valence-corrected chi connectivity index (χ1v) is 9.13. The van der Waals surface area contributed by atoms with Crippen molar-refractivity contribution < 1.29 is 9.84 Å². The summed E-state index contributed by atoms with van der Waals surface area (Å²) in [6.45, 7) is 4.47. The van der Waals surface area contributed by atoms with E-state index in [1.54, 1.807) is 0 Å². The Morgan fingerprint density at radius 2 is 2.00 bits per heavy atom. The van der Waals surface area contributed by atoms with Gasteiger partial charge >= 0.3 is 0 Å².